The van der Waals surface area contributed by atoms with Crippen LogP contribution in [-0.4, -0.2) is 5.71 Å². The molecule has 1 fully saturated rings. The lowest BCUT2D eigenvalue weighted by atomic mass is 9.87. The second kappa shape index (κ2) is 4.91. The van der Waals surface area contributed by atoms with Crippen molar-refractivity contribution in [2.75, 3.05) is 0 Å². The maximum atomic E-state index is 4.42. The molecule has 0 aliphatic heterocycles. The van der Waals surface area contributed by atoms with Crippen LogP contribution >= 0.6 is 0 Å². The van der Waals surface area contributed by atoms with Gasteiger partial charge in [0.15, 0.2) is 0 Å². The monoisotopic (exact) mass is 163 g/mol. The number of hydrogen-bond donors (Lipinski definition) is 0. The molecule has 0 radical (unpaired) electrons. The molecule has 0 saturated heterocycles. The Morgan fingerprint density at radius 1 is 1.50 bits per heavy atom. The summed E-state index contributed by atoms with van der Waals surface area (Å²) < 4.78 is 0. The van der Waals surface area contributed by atoms with Gasteiger partial charge in [-0.2, -0.15) is 0 Å². The van der Waals surface area contributed by atoms with E-state index in [1.54, 1.807) is 0 Å². The topological polar surface area (TPSA) is 12.4 Å². The Morgan fingerprint density at radius 3 is 3.00 bits per heavy atom. The summed E-state index contributed by atoms with van der Waals surface area (Å²) in [7, 11) is 0. The summed E-state index contributed by atoms with van der Waals surface area (Å²) in [6.07, 6.45) is 10.9. The summed E-state index contributed by atoms with van der Waals surface area (Å²) in [6, 6.07) is 0. The van der Waals surface area contributed by atoms with E-state index in [9.17, 15) is 0 Å². The van der Waals surface area contributed by atoms with Crippen molar-refractivity contribution in [3.8, 4) is 0 Å². The molecule has 1 atom stereocenters. The zero-order valence-electron chi connectivity index (χ0n) is 7.79. The highest BCUT2D eigenvalue weighted by Gasteiger charge is 2.16. The van der Waals surface area contributed by atoms with Gasteiger partial charge < -0.3 is 0 Å². The third-order valence-electron chi connectivity index (χ3n) is 2.30. The first-order valence-electron chi connectivity index (χ1n) is 4.68. The largest absolute Gasteiger partial charge is 0.265 e. The van der Waals surface area contributed by atoms with Gasteiger partial charge in [-0.25, -0.2) is 0 Å². The van der Waals surface area contributed by atoms with Gasteiger partial charge in [0.2, 0.25) is 0 Å². The lowest BCUT2D eigenvalue weighted by molar-refractivity contribution is 0.595. The third kappa shape index (κ3) is 2.33. The summed E-state index contributed by atoms with van der Waals surface area (Å²) in [5.74, 6) is 0.537. The molecule has 0 aromatic carbocycles. The Kier molecular flexibility index (Phi) is 3.78. The van der Waals surface area contributed by atoms with Crippen molar-refractivity contribution >= 4 is 5.71 Å². The highest BCUT2D eigenvalue weighted by molar-refractivity contribution is 5.89. The minimum absolute atomic E-state index is 0.537. The molecule has 1 aliphatic carbocycles. The summed E-state index contributed by atoms with van der Waals surface area (Å²) in [4.78, 5) is 4.42. The first-order chi connectivity index (χ1) is 5.88. The summed E-state index contributed by atoms with van der Waals surface area (Å²) in [6.45, 7) is 5.83. The second-order valence-electron chi connectivity index (χ2n) is 3.19. The van der Waals surface area contributed by atoms with E-state index in [-0.39, 0.29) is 0 Å². The van der Waals surface area contributed by atoms with Crippen LogP contribution < -0.4 is 0 Å². The van der Waals surface area contributed by atoms with Crippen molar-refractivity contribution in [1.29, 1.82) is 0 Å². The van der Waals surface area contributed by atoms with E-state index in [0.29, 0.717) is 5.92 Å². The van der Waals surface area contributed by atoms with Gasteiger partial charge in [0.25, 0.3) is 0 Å². The Morgan fingerprint density at radius 2 is 2.33 bits per heavy atom. The maximum Gasteiger partial charge on any atom is 0.0247 e. The van der Waals surface area contributed by atoms with Crippen LogP contribution in [0.15, 0.2) is 29.9 Å². The average molecular weight is 163 g/mol. The van der Waals surface area contributed by atoms with Gasteiger partial charge in [-0.1, -0.05) is 18.6 Å². The fourth-order valence-corrected chi connectivity index (χ4v) is 1.61. The van der Waals surface area contributed by atoms with Crippen molar-refractivity contribution < 1.29 is 0 Å². The van der Waals surface area contributed by atoms with E-state index in [1.807, 2.05) is 25.3 Å². The molecule has 12 heavy (non-hydrogen) atoms. The van der Waals surface area contributed by atoms with E-state index in [1.165, 1.54) is 25.0 Å². The fraction of sp³-hybridized carbons (Fsp3) is 0.545. The van der Waals surface area contributed by atoms with Crippen LogP contribution in [0, 0.1) is 5.92 Å². The summed E-state index contributed by atoms with van der Waals surface area (Å²) in [5.41, 5.74) is 1.31. The zero-order chi connectivity index (χ0) is 8.81. The number of rotatable bonds is 2. The standard InChI is InChI=1S/C11H17N/c1-3-9-12-11-8-6-5-7-10(11)4-2/h3-4,9-10H,2,5-8H2,1H3/b9-3-,12-11?. The first-order valence-corrected chi connectivity index (χ1v) is 4.68. The van der Waals surface area contributed by atoms with Gasteiger partial charge in [0.05, 0.1) is 0 Å². The van der Waals surface area contributed by atoms with E-state index in [0.717, 1.165) is 6.42 Å². The molecule has 0 N–H and O–H groups in total. The van der Waals surface area contributed by atoms with Crippen LogP contribution in [0.25, 0.3) is 0 Å². The van der Waals surface area contributed by atoms with Gasteiger partial charge in [-0.05, 0) is 26.2 Å². The molecule has 0 bridgehead atoms. The average Bonchev–Trinajstić information content (AvgIpc) is 2.15. The minimum atomic E-state index is 0.537. The van der Waals surface area contributed by atoms with Crippen LogP contribution in [-0.2, 0) is 0 Å². The Hall–Kier alpha value is -0.850. The number of nitrogens with zero attached hydrogens (tertiary/aromatic N) is 1. The van der Waals surface area contributed by atoms with Crippen LogP contribution in [0.4, 0.5) is 0 Å². The SMILES string of the molecule is C=CC1CCCCC1=N/C=C\C. The van der Waals surface area contributed by atoms with Crippen LogP contribution in [0.3, 0.4) is 0 Å². The van der Waals surface area contributed by atoms with E-state index < -0.39 is 0 Å². The fourth-order valence-electron chi connectivity index (χ4n) is 1.61. The molecule has 0 amide bonds. The molecule has 1 nitrogen and oxygen atoms in total. The number of aliphatic imine (C=N–C) groups is 1. The molecule has 0 spiro atoms. The molecular formula is C11H17N. The first kappa shape index (κ1) is 9.24. The molecule has 0 aromatic rings. The van der Waals surface area contributed by atoms with Crippen molar-refractivity contribution in [2.45, 2.75) is 32.6 Å². The van der Waals surface area contributed by atoms with Crippen LogP contribution in [0.1, 0.15) is 32.6 Å². The van der Waals surface area contributed by atoms with Crippen LogP contribution in [0.5, 0.6) is 0 Å². The van der Waals surface area contributed by atoms with Gasteiger partial charge in [-0.3, -0.25) is 4.99 Å². The zero-order valence-corrected chi connectivity index (χ0v) is 7.79. The lowest BCUT2D eigenvalue weighted by Gasteiger charge is -2.20. The molecule has 1 rings (SSSR count). The Labute approximate surface area is 74.9 Å². The van der Waals surface area contributed by atoms with Crippen LogP contribution in [0.2, 0.25) is 0 Å². The van der Waals surface area contributed by atoms with E-state index in [4.69, 9.17) is 0 Å². The highest BCUT2D eigenvalue weighted by Crippen LogP contribution is 2.22. The number of allylic oxidation sites excluding steroid dienone is 2. The van der Waals surface area contributed by atoms with Gasteiger partial charge in [0.1, 0.15) is 0 Å². The van der Waals surface area contributed by atoms with E-state index in [2.05, 4.69) is 11.6 Å². The maximum absolute atomic E-state index is 4.42. The normalized spacial score (nSPS) is 28.1. The van der Waals surface area contributed by atoms with Gasteiger partial charge >= 0.3 is 0 Å². The second-order valence-corrected chi connectivity index (χ2v) is 3.19. The van der Waals surface area contributed by atoms with E-state index >= 15 is 0 Å². The van der Waals surface area contributed by atoms with Crippen molar-refractivity contribution in [2.24, 2.45) is 10.9 Å². The lowest BCUT2D eigenvalue weighted by Crippen LogP contribution is -2.16. The Bertz CT molecular complexity index is 201. The third-order valence-corrected chi connectivity index (χ3v) is 2.30. The molecule has 1 aliphatic rings. The number of hydrogen-bond acceptors (Lipinski definition) is 1. The summed E-state index contributed by atoms with van der Waals surface area (Å²) >= 11 is 0. The van der Waals surface area contributed by atoms with Gasteiger partial charge in [0, 0.05) is 17.8 Å². The molecule has 66 valence electrons. The predicted octanol–water partition coefficient (Wildman–Crippen LogP) is 3.34. The molecule has 1 saturated carbocycles. The summed E-state index contributed by atoms with van der Waals surface area (Å²) in [5, 5.41) is 0. The Balaban J connectivity index is 2.63. The smallest absolute Gasteiger partial charge is 0.0247 e. The molecule has 0 aromatic heterocycles. The van der Waals surface area contributed by atoms with Crippen molar-refractivity contribution in [3.63, 3.8) is 0 Å². The molecule has 1 heteroatoms. The van der Waals surface area contributed by atoms with Crippen molar-refractivity contribution in [1.82, 2.24) is 0 Å². The highest BCUT2D eigenvalue weighted by atomic mass is 14.7. The molecule has 1 unspecified atom stereocenters. The minimum Gasteiger partial charge on any atom is -0.265 e. The van der Waals surface area contributed by atoms with Gasteiger partial charge in [-0.15, -0.1) is 6.58 Å². The molecule has 0 heterocycles. The predicted molar refractivity (Wildman–Crippen MR) is 54.4 cm³/mol. The quantitative estimate of drug-likeness (QED) is 0.554. The molecular weight excluding hydrogens is 146 g/mol. The van der Waals surface area contributed by atoms with Crippen molar-refractivity contribution in [3.05, 3.63) is 24.9 Å².